The summed E-state index contributed by atoms with van der Waals surface area (Å²) in [6, 6.07) is 12.6. The van der Waals surface area contributed by atoms with E-state index >= 15 is 0 Å². The zero-order valence-corrected chi connectivity index (χ0v) is 14.4. The second-order valence-corrected chi connectivity index (χ2v) is 6.57. The van der Waals surface area contributed by atoms with Crippen molar-refractivity contribution in [2.75, 3.05) is 32.9 Å². The first-order chi connectivity index (χ1) is 12.4. The molecule has 1 unspecified atom stereocenters. The molecule has 25 heavy (non-hydrogen) atoms. The number of morpholine rings is 1. The van der Waals surface area contributed by atoms with Crippen LogP contribution < -0.4 is 9.47 Å². The number of hydrogen-bond acceptors (Lipinski definition) is 5. The summed E-state index contributed by atoms with van der Waals surface area (Å²) in [6.45, 7) is 4.96. The maximum Gasteiger partial charge on any atom is 0.179 e. The molecule has 4 rings (SSSR count). The Bertz CT molecular complexity index is 693. The largest absolute Gasteiger partial charge is 0.486 e. The Kier molecular flexibility index (Phi) is 5.14. The molecule has 0 aliphatic carbocycles. The van der Waals surface area contributed by atoms with Gasteiger partial charge in [0.1, 0.15) is 13.2 Å². The molecule has 0 N–H and O–H groups in total. The molecule has 0 amide bonds. The maximum atomic E-state index is 5.95. The van der Waals surface area contributed by atoms with E-state index in [9.17, 15) is 0 Å². The molecular formula is C20H24N2O3. The summed E-state index contributed by atoms with van der Waals surface area (Å²) in [7, 11) is 0. The highest BCUT2D eigenvalue weighted by molar-refractivity contribution is 5.40. The van der Waals surface area contributed by atoms with E-state index in [0.717, 1.165) is 56.3 Å². The summed E-state index contributed by atoms with van der Waals surface area (Å²) >= 11 is 0. The highest BCUT2D eigenvalue weighted by atomic mass is 16.6. The highest BCUT2D eigenvalue weighted by Crippen LogP contribution is 2.29. The predicted molar refractivity (Wildman–Crippen MR) is 95.0 cm³/mol. The number of pyridine rings is 1. The van der Waals surface area contributed by atoms with Gasteiger partial charge in [0.25, 0.3) is 0 Å². The van der Waals surface area contributed by atoms with Crippen LogP contribution in [0.4, 0.5) is 0 Å². The van der Waals surface area contributed by atoms with Crippen LogP contribution in [0.5, 0.6) is 11.5 Å². The minimum Gasteiger partial charge on any atom is -0.486 e. The van der Waals surface area contributed by atoms with Gasteiger partial charge in [-0.2, -0.15) is 0 Å². The van der Waals surface area contributed by atoms with Crippen molar-refractivity contribution in [1.29, 1.82) is 0 Å². The molecule has 2 aliphatic heterocycles. The lowest BCUT2D eigenvalue weighted by Crippen LogP contribution is -2.42. The number of fused-ring (bicyclic) bond motifs is 1. The molecule has 1 atom stereocenters. The molecule has 5 nitrogen and oxygen atoms in total. The van der Waals surface area contributed by atoms with E-state index < -0.39 is 0 Å². The van der Waals surface area contributed by atoms with E-state index in [1.807, 2.05) is 6.07 Å². The Hall–Kier alpha value is -2.11. The van der Waals surface area contributed by atoms with Crippen molar-refractivity contribution < 1.29 is 14.2 Å². The first-order valence-corrected chi connectivity index (χ1v) is 8.99. The van der Waals surface area contributed by atoms with Crippen LogP contribution in [0.2, 0.25) is 0 Å². The quantitative estimate of drug-likeness (QED) is 0.837. The van der Waals surface area contributed by atoms with E-state index in [4.69, 9.17) is 14.2 Å². The van der Waals surface area contributed by atoms with E-state index in [1.54, 1.807) is 6.20 Å². The Balaban J connectivity index is 1.30. The normalized spacial score (nSPS) is 20.4. The molecule has 1 fully saturated rings. The molecule has 0 saturated carbocycles. The molecule has 1 aromatic heterocycles. The topological polar surface area (TPSA) is 43.8 Å². The first-order valence-electron chi connectivity index (χ1n) is 8.99. The molecular weight excluding hydrogens is 316 g/mol. The summed E-state index contributed by atoms with van der Waals surface area (Å²) in [5.41, 5.74) is 2.39. The van der Waals surface area contributed by atoms with Gasteiger partial charge in [0, 0.05) is 31.4 Å². The molecule has 0 radical (unpaired) electrons. The van der Waals surface area contributed by atoms with Crippen LogP contribution in [0.3, 0.4) is 0 Å². The van der Waals surface area contributed by atoms with Crippen molar-refractivity contribution in [1.82, 2.24) is 9.88 Å². The molecule has 1 saturated heterocycles. The van der Waals surface area contributed by atoms with E-state index in [0.29, 0.717) is 13.2 Å². The monoisotopic (exact) mass is 340 g/mol. The van der Waals surface area contributed by atoms with Gasteiger partial charge in [-0.3, -0.25) is 9.88 Å². The Morgan fingerprint density at radius 2 is 1.88 bits per heavy atom. The number of nitrogens with zero attached hydrogens (tertiary/aromatic N) is 2. The SMILES string of the molecule is c1ccc(CN2CCOC(CCc3cc4c(cn3)OCCO4)C2)cc1. The first kappa shape index (κ1) is 16.4. The molecule has 2 aliphatic rings. The molecule has 2 aromatic rings. The highest BCUT2D eigenvalue weighted by Gasteiger charge is 2.21. The van der Waals surface area contributed by atoms with Crippen LogP contribution in [0, 0.1) is 0 Å². The summed E-state index contributed by atoms with van der Waals surface area (Å²) < 4.78 is 17.1. The minimum absolute atomic E-state index is 0.257. The van der Waals surface area contributed by atoms with E-state index in [2.05, 4.69) is 40.2 Å². The van der Waals surface area contributed by atoms with Gasteiger partial charge in [0.2, 0.25) is 0 Å². The van der Waals surface area contributed by atoms with Crippen molar-refractivity contribution in [2.45, 2.75) is 25.5 Å². The molecule has 0 spiro atoms. The van der Waals surface area contributed by atoms with E-state index in [1.165, 1.54) is 5.56 Å². The third-order valence-corrected chi connectivity index (χ3v) is 4.68. The molecule has 3 heterocycles. The summed E-state index contributed by atoms with van der Waals surface area (Å²) in [5, 5.41) is 0. The number of hydrogen-bond donors (Lipinski definition) is 0. The van der Waals surface area contributed by atoms with Crippen molar-refractivity contribution in [3.05, 3.63) is 53.9 Å². The molecule has 1 aromatic carbocycles. The molecule has 132 valence electrons. The Labute approximate surface area is 148 Å². The number of benzene rings is 1. The molecule has 0 bridgehead atoms. The standard InChI is InChI=1S/C20H24N2O3/c1-2-4-16(5-3-1)14-22-8-9-23-18(15-22)7-6-17-12-19-20(13-21-17)25-11-10-24-19/h1-5,12-13,18H,6-11,14-15H2. The van der Waals surface area contributed by atoms with Crippen molar-refractivity contribution in [3.8, 4) is 11.5 Å². The number of rotatable bonds is 5. The zero-order valence-electron chi connectivity index (χ0n) is 14.4. The number of aryl methyl sites for hydroxylation is 1. The van der Waals surface area contributed by atoms with Gasteiger partial charge in [-0.25, -0.2) is 0 Å². The van der Waals surface area contributed by atoms with Crippen molar-refractivity contribution in [3.63, 3.8) is 0 Å². The van der Waals surface area contributed by atoms with E-state index in [-0.39, 0.29) is 6.10 Å². The lowest BCUT2D eigenvalue weighted by Gasteiger charge is -2.33. The van der Waals surface area contributed by atoms with Crippen molar-refractivity contribution in [2.24, 2.45) is 0 Å². The van der Waals surface area contributed by atoms with Crippen molar-refractivity contribution >= 4 is 0 Å². The summed E-state index contributed by atoms with van der Waals surface area (Å²) in [6.07, 6.45) is 3.89. The average Bonchev–Trinajstić information content (AvgIpc) is 2.67. The number of ether oxygens (including phenoxy) is 3. The smallest absolute Gasteiger partial charge is 0.179 e. The predicted octanol–water partition coefficient (Wildman–Crippen LogP) is 2.69. The third-order valence-electron chi connectivity index (χ3n) is 4.68. The Morgan fingerprint density at radius 1 is 1.04 bits per heavy atom. The summed E-state index contributed by atoms with van der Waals surface area (Å²) in [4.78, 5) is 6.96. The van der Waals surface area contributed by atoms with Crippen LogP contribution in [-0.2, 0) is 17.7 Å². The minimum atomic E-state index is 0.257. The lowest BCUT2D eigenvalue weighted by molar-refractivity contribution is -0.0346. The van der Waals surface area contributed by atoms with Gasteiger partial charge in [-0.05, 0) is 18.4 Å². The summed E-state index contributed by atoms with van der Waals surface area (Å²) in [5.74, 6) is 1.56. The maximum absolute atomic E-state index is 5.95. The van der Waals surface area contributed by atoms with Gasteiger partial charge < -0.3 is 14.2 Å². The van der Waals surface area contributed by atoms with Crippen LogP contribution in [0.1, 0.15) is 17.7 Å². The third kappa shape index (κ3) is 4.30. The average molecular weight is 340 g/mol. The second-order valence-electron chi connectivity index (χ2n) is 6.57. The van der Waals surface area contributed by atoms with Crippen LogP contribution >= 0.6 is 0 Å². The van der Waals surface area contributed by atoms with Crippen LogP contribution in [-0.4, -0.2) is 48.9 Å². The van der Waals surface area contributed by atoms with Crippen LogP contribution in [0.15, 0.2) is 42.6 Å². The van der Waals surface area contributed by atoms with Gasteiger partial charge in [-0.1, -0.05) is 30.3 Å². The van der Waals surface area contributed by atoms with Gasteiger partial charge in [-0.15, -0.1) is 0 Å². The Morgan fingerprint density at radius 3 is 2.76 bits per heavy atom. The zero-order chi connectivity index (χ0) is 16.9. The fourth-order valence-electron chi connectivity index (χ4n) is 3.38. The lowest BCUT2D eigenvalue weighted by atomic mass is 10.1. The van der Waals surface area contributed by atoms with Gasteiger partial charge in [0.15, 0.2) is 11.5 Å². The molecule has 5 heteroatoms. The fourth-order valence-corrected chi connectivity index (χ4v) is 3.38. The van der Waals surface area contributed by atoms with Gasteiger partial charge >= 0.3 is 0 Å². The van der Waals surface area contributed by atoms with Crippen LogP contribution in [0.25, 0.3) is 0 Å². The second kappa shape index (κ2) is 7.85. The fraction of sp³-hybridized carbons (Fsp3) is 0.450. The van der Waals surface area contributed by atoms with Gasteiger partial charge in [0.05, 0.1) is 18.9 Å². The number of aromatic nitrogens is 1.